The molecule has 1 aliphatic heterocycles. The molecule has 1 N–H and O–H groups in total. The van der Waals surface area contributed by atoms with E-state index < -0.39 is 11.6 Å². The van der Waals surface area contributed by atoms with Crippen molar-refractivity contribution in [3.05, 3.63) is 35.9 Å². The van der Waals surface area contributed by atoms with E-state index in [-0.39, 0.29) is 6.42 Å². The van der Waals surface area contributed by atoms with Crippen LogP contribution in [0.5, 0.6) is 0 Å². The Morgan fingerprint density at radius 3 is 2.56 bits per heavy atom. The van der Waals surface area contributed by atoms with E-state index in [4.69, 9.17) is 9.84 Å². The fraction of sp³-hybridized carbons (Fsp3) is 0.500. The van der Waals surface area contributed by atoms with Crippen molar-refractivity contribution in [3.63, 3.8) is 0 Å². The summed E-state index contributed by atoms with van der Waals surface area (Å²) in [6.07, 6.45) is 1.77. The number of hydrogen-bond donors (Lipinski definition) is 1. The van der Waals surface area contributed by atoms with Gasteiger partial charge in [-0.25, -0.2) is 0 Å². The average molecular weight is 266 g/mol. The largest absolute Gasteiger partial charge is 0.481 e. The minimum absolute atomic E-state index is 0.112. The first-order chi connectivity index (χ1) is 8.70. The van der Waals surface area contributed by atoms with Crippen LogP contribution in [0.3, 0.4) is 0 Å². The van der Waals surface area contributed by atoms with Gasteiger partial charge in [0.15, 0.2) is 0 Å². The third-order valence-electron chi connectivity index (χ3n) is 3.27. The number of carbonyl (C=O) groups is 1. The number of ether oxygens (including phenoxy) is 1. The molecule has 1 fully saturated rings. The van der Waals surface area contributed by atoms with Crippen LogP contribution in [0.25, 0.3) is 0 Å². The molecule has 0 bridgehead atoms. The van der Waals surface area contributed by atoms with Crippen LogP contribution in [0, 0.1) is 0 Å². The highest BCUT2D eigenvalue weighted by molar-refractivity contribution is 7.99. The molecule has 0 atom stereocenters. The second kappa shape index (κ2) is 6.25. The first kappa shape index (κ1) is 13.4. The van der Waals surface area contributed by atoms with Gasteiger partial charge in [0.25, 0.3) is 0 Å². The van der Waals surface area contributed by atoms with Crippen molar-refractivity contribution >= 4 is 17.7 Å². The van der Waals surface area contributed by atoms with Gasteiger partial charge in [-0.1, -0.05) is 30.3 Å². The fourth-order valence-electron chi connectivity index (χ4n) is 2.20. The molecule has 0 aromatic heterocycles. The normalized spacial score (nSPS) is 18.4. The molecule has 1 aliphatic rings. The Hall–Kier alpha value is -1.00. The number of carboxylic acid groups (broad SMARTS) is 1. The van der Waals surface area contributed by atoms with E-state index in [2.05, 4.69) is 0 Å². The summed E-state index contributed by atoms with van der Waals surface area (Å²) < 4.78 is 5.97. The first-order valence-corrected chi connectivity index (χ1v) is 7.33. The second-order valence-corrected chi connectivity index (χ2v) is 5.86. The Morgan fingerprint density at radius 2 is 1.94 bits per heavy atom. The highest BCUT2D eigenvalue weighted by atomic mass is 32.2. The number of hydrogen-bond acceptors (Lipinski definition) is 3. The molecule has 1 saturated heterocycles. The molecule has 1 aromatic carbocycles. The van der Waals surface area contributed by atoms with Crippen molar-refractivity contribution in [2.45, 2.75) is 31.5 Å². The van der Waals surface area contributed by atoms with Crippen LogP contribution in [-0.4, -0.2) is 28.2 Å². The SMILES string of the molecule is O=C(O)CC1(OCc2ccccc2)CCSCC1. The highest BCUT2D eigenvalue weighted by Gasteiger charge is 2.35. The molecule has 0 amide bonds. The number of aliphatic carboxylic acids is 1. The molecule has 1 heterocycles. The molecule has 1 aromatic rings. The Labute approximate surface area is 112 Å². The monoisotopic (exact) mass is 266 g/mol. The van der Waals surface area contributed by atoms with Crippen LogP contribution in [0.2, 0.25) is 0 Å². The van der Waals surface area contributed by atoms with Crippen molar-refractivity contribution < 1.29 is 14.6 Å². The van der Waals surface area contributed by atoms with Gasteiger partial charge in [-0.15, -0.1) is 0 Å². The Balaban J connectivity index is 1.99. The average Bonchev–Trinajstić information content (AvgIpc) is 2.38. The van der Waals surface area contributed by atoms with Gasteiger partial charge in [-0.2, -0.15) is 11.8 Å². The lowest BCUT2D eigenvalue weighted by atomic mass is 9.92. The molecular weight excluding hydrogens is 248 g/mol. The smallest absolute Gasteiger partial charge is 0.306 e. The molecule has 4 heteroatoms. The maximum atomic E-state index is 11.0. The molecule has 0 aliphatic carbocycles. The van der Waals surface area contributed by atoms with Crippen LogP contribution in [0.15, 0.2) is 30.3 Å². The van der Waals surface area contributed by atoms with Gasteiger partial charge in [-0.05, 0) is 29.9 Å². The lowest BCUT2D eigenvalue weighted by molar-refractivity contribution is -0.147. The number of thioether (sulfide) groups is 1. The van der Waals surface area contributed by atoms with Crippen LogP contribution >= 0.6 is 11.8 Å². The van der Waals surface area contributed by atoms with E-state index in [1.54, 1.807) is 0 Å². The summed E-state index contributed by atoms with van der Waals surface area (Å²) >= 11 is 1.87. The fourth-order valence-corrected chi connectivity index (χ4v) is 3.44. The summed E-state index contributed by atoms with van der Waals surface area (Å²) in [5.74, 6) is 1.21. The molecule has 3 nitrogen and oxygen atoms in total. The Bertz CT molecular complexity index is 385. The van der Waals surface area contributed by atoms with Gasteiger partial charge >= 0.3 is 5.97 Å². The molecule has 2 rings (SSSR count). The van der Waals surface area contributed by atoms with Gasteiger partial charge in [0.2, 0.25) is 0 Å². The third-order valence-corrected chi connectivity index (χ3v) is 4.25. The molecule has 18 heavy (non-hydrogen) atoms. The number of carboxylic acids is 1. The van der Waals surface area contributed by atoms with Gasteiger partial charge in [-0.3, -0.25) is 4.79 Å². The van der Waals surface area contributed by atoms with Crippen LogP contribution in [0.1, 0.15) is 24.8 Å². The molecular formula is C14H18O3S. The minimum atomic E-state index is -0.769. The number of rotatable bonds is 5. The van der Waals surface area contributed by atoms with E-state index in [0.717, 1.165) is 29.9 Å². The molecule has 0 saturated carbocycles. The van der Waals surface area contributed by atoms with Gasteiger partial charge in [0.1, 0.15) is 0 Å². The predicted octanol–water partition coefficient (Wildman–Crippen LogP) is 2.94. The van der Waals surface area contributed by atoms with E-state index in [1.807, 2.05) is 42.1 Å². The summed E-state index contributed by atoms with van der Waals surface area (Å²) in [5.41, 5.74) is 0.632. The summed E-state index contributed by atoms with van der Waals surface area (Å²) in [6.45, 7) is 0.499. The molecule has 0 radical (unpaired) electrons. The summed E-state index contributed by atoms with van der Waals surface area (Å²) in [7, 11) is 0. The van der Waals surface area contributed by atoms with Crippen molar-refractivity contribution in [2.75, 3.05) is 11.5 Å². The molecule has 98 valence electrons. The zero-order chi connectivity index (χ0) is 12.8. The lowest BCUT2D eigenvalue weighted by Crippen LogP contribution is -2.39. The van der Waals surface area contributed by atoms with Crippen molar-refractivity contribution in [1.82, 2.24) is 0 Å². The van der Waals surface area contributed by atoms with Crippen molar-refractivity contribution in [3.8, 4) is 0 Å². The van der Waals surface area contributed by atoms with Crippen molar-refractivity contribution in [1.29, 1.82) is 0 Å². The lowest BCUT2D eigenvalue weighted by Gasteiger charge is -2.35. The molecule has 0 unspecified atom stereocenters. The van der Waals surface area contributed by atoms with Crippen LogP contribution in [0.4, 0.5) is 0 Å². The van der Waals surface area contributed by atoms with Crippen molar-refractivity contribution in [2.24, 2.45) is 0 Å². The van der Waals surface area contributed by atoms with Gasteiger partial charge in [0, 0.05) is 0 Å². The van der Waals surface area contributed by atoms with E-state index in [9.17, 15) is 4.79 Å². The molecule has 0 spiro atoms. The Morgan fingerprint density at radius 1 is 1.28 bits per heavy atom. The zero-order valence-corrected chi connectivity index (χ0v) is 11.1. The summed E-state index contributed by atoms with van der Waals surface area (Å²) in [5, 5.41) is 9.04. The van der Waals surface area contributed by atoms with E-state index in [0.29, 0.717) is 6.61 Å². The van der Waals surface area contributed by atoms with Gasteiger partial charge in [0.05, 0.1) is 18.6 Å². The highest BCUT2D eigenvalue weighted by Crippen LogP contribution is 2.34. The van der Waals surface area contributed by atoms with E-state index >= 15 is 0 Å². The minimum Gasteiger partial charge on any atom is -0.481 e. The third kappa shape index (κ3) is 3.75. The maximum absolute atomic E-state index is 11.0. The standard InChI is InChI=1S/C14H18O3S/c15-13(16)10-14(6-8-18-9-7-14)17-11-12-4-2-1-3-5-12/h1-5H,6-11H2,(H,15,16). The topological polar surface area (TPSA) is 46.5 Å². The first-order valence-electron chi connectivity index (χ1n) is 6.18. The van der Waals surface area contributed by atoms with E-state index in [1.165, 1.54) is 0 Å². The van der Waals surface area contributed by atoms with Crippen LogP contribution < -0.4 is 0 Å². The summed E-state index contributed by atoms with van der Waals surface area (Å²) in [4.78, 5) is 11.0. The quantitative estimate of drug-likeness (QED) is 0.890. The zero-order valence-electron chi connectivity index (χ0n) is 10.3. The summed E-state index contributed by atoms with van der Waals surface area (Å²) in [6, 6.07) is 9.92. The Kier molecular flexibility index (Phi) is 4.66. The number of benzene rings is 1. The predicted molar refractivity (Wildman–Crippen MR) is 72.8 cm³/mol. The maximum Gasteiger partial charge on any atom is 0.306 e. The van der Waals surface area contributed by atoms with Crippen LogP contribution in [-0.2, 0) is 16.1 Å². The van der Waals surface area contributed by atoms with Gasteiger partial charge < -0.3 is 9.84 Å². The second-order valence-electron chi connectivity index (χ2n) is 4.64.